The molecule has 1 N–H and O–H groups in total. The van der Waals surface area contributed by atoms with Crippen LogP contribution in [0.1, 0.15) is 23.2 Å². The molecule has 0 aliphatic carbocycles. The molecule has 1 heterocycles. The molecular formula is C23H21FN2O2. The number of hydrogen-bond donors (Lipinski definition) is 1. The Kier molecular flexibility index (Phi) is 5.24. The third-order valence-corrected chi connectivity index (χ3v) is 4.77. The minimum atomic E-state index is -0.429. The fourth-order valence-corrected chi connectivity index (χ4v) is 3.34. The van der Waals surface area contributed by atoms with Crippen LogP contribution in [-0.4, -0.2) is 19.0 Å². The Hall–Kier alpha value is -3.34. The van der Waals surface area contributed by atoms with Crippen molar-refractivity contribution in [2.45, 2.75) is 12.8 Å². The van der Waals surface area contributed by atoms with E-state index in [1.165, 1.54) is 6.07 Å². The minimum Gasteiger partial charge on any atom is -0.457 e. The summed E-state index contributed by atoms with van der Waals surface area (Å²) in [6, 6.07) is 21.1. The fraction of sp³-hybridized carbons (Fsp3) is 0.174. The summed E-state index contributed by atoms with van der Waals surface area (Å²) in [4.78, 5) is 14.8. The lowest BCUT2D eigenvalue weighted by Gasteiger charge is -2.22. The Morgan fingerprint density at radius 2 is 1.54 bits per heavy atom. The molecule has 5 heteroatoms. The molecule has 0 aromatic heterocycles. The monoisotopic (exact) mass is 376 g/mol. The quantitative estimate of drug-likeness (QED) is 0.642. The van der Waals surface area contributed by atoms with Crippen LogP contribution < -0.4 is 15.0 Å². The molecule has 28 heavy (non-hydrogen) atoms. The predicted molar refractivity (Wildman–Crippen MR) is 109 cm³/mol. The Balaban J connectivity index is 1.50. The number of benzene rings is 3. The highest BCUT2D eigenvalue weighted by molar-refractivity contribution is 6.06. The lowest BCUT2D eigenvalue weighted by atomic mass is 10.1. The van der Waals surface area contributed by atoms with Gasteiger partial charge in [0.05, 0.1) is 5.69 Å². The van der Waals surface area contributed by atoms with E-state index in [4.69, 9.17) is 4.74 Å². The van der Waals surface area contributed by atoms with E-state index in [0.29, 0.717) is 11.3 Å². The molecule has 1 fully saturated rings. The van der Waals surface area contributed by atoms with Gasteiger partial charge in [-0.05, 0) is 61.4 Å². The van der Waals surface area contributed by atoms with Crippen molar-refractivity contribution < 1.29 is 13.9 Å². The van der Waals surface area contributed by atoms with Gasteiger partial charge in [0, 0.05) is 18.7 Å². The van der Waals surface area contributed by atoms with Crippen LogP contribution in [0.25, 0.3) is 0 Å². The van der Waals surface area contributed by atoms with E-state index in [-0.39, 0.29) is 11.6 Å². The minimum absolute atomic E-state index is 0.235. The summed E-state index contributed by atoms with van der Waals surface area (Å²) in [6.45, 7) is 1.75. The Morgan fingerprint density at radius 1 is 0.857 bits per heavy atom. The number of ether oxygens (including phenoxy) is 1. The van der Waals surface area contributed by atoms with Gasteiger partial charge in [-0.2, -0.15) is 0 Å². The van der Waals surface area contributed by atoms with Crippen molar-refractivity contribution in [1.82, 2.24) is 0 Å². The highest BCUT2D eigenvalue weighted by Crippen LogP contribution is 2.31. The molecule has 4 nitrogen and oxygen atoms in total. The molecule has 142 valence electrons. The summed E-state index contributed by atoms with van der Waals surface area (Å²) in [5.74, 6) is 0.575. The molecule has 0 saturated carbocycles. The summed E-state index contributed by atoms with van der Waals surface area (Å²) in [6.07, 6.45) is 2.15. The van der Waals surface area contributed by atoms with Gasteiger partial charge in [-0.1, -0.05) is 24.3 Å². The van der Waals surface area contributed by atoms with E-state index in [2.05, 4.69) is 10.2 Å². The predicted octanol–water partition coefficient (Wildman–Crippen LogP) is 5.47. The second kappa shape index (κ2) is 8.13. The summed E-state index contributed by atoms with van der Waals surface area (Å²) in [7, 11) is 0. The van der Waals surface area contributed by atoms with Crippen molar-refractivity contribution in [3.8, 4) is 11.5 Å². The third kappa shape index (κ3) is 3.98. The molecule has 1 amide bonds. The van der Waals surface area contributed by atoms with Crippen molar-refractivity contribution >= 4 is 17.3 Å². The Labute approximate surface area is 163 Å². The molecule has 0 radical (unpaired) electrons. The van der Waals surface area contributed by atoms with E-state index >= 15 is 0 Å². The molecule has 1 aliphatic rings. The average Bonchev–Trinajstić information content (AvgIpc) is 3.25. The lowest BCUT2D eigenvalue weighted by Crippen LogP contribution is -2.22. The van der Waals surface area contributed by atoms with Crippen molar-refractivity contribution in [1.29, 1.82) is 0 Å². The number of amides is 1. The van der Waals surface area contributed by atoms with Gasteiger partial charge < -0.3 is 15.0 Å². The second-order valence-corrected chi connectivity index (χ2v) is 6.72. The van der Waals surface area contributed by atoms with E-state index in [0.717, 1.165) is 37.4 Å². The Bertz CT molecular complexity index is 952. The van der Waals surface area contributed by atoms with Crippen molar-refractivity contribution in [3.05, 3.63) is 84.2 Å². The molecule has 3 aromatic rings. The molecular weight excluding hydrogens is 355 g/mol. The van der Waals surface area contributed by atoms with E-state index in [9.17, 15) is 9.18 Å². The van der Waals surface area contributed by atoms with Crippen molar-refractivity contribution in [2.24, 2.45) is 0 Å². The van der Waals surface area contributed by atoms with Gasteiger partial charge in [0.1, 0.15) is 23.0 Å². The van der Waals surface area contributed by atoms with Gasteiger partial charge >= 0.3 is 0 Å². The molecule has 0 bridgehead atoms. The molecule has 4 rings (SSSR count). The van der Waals surface area contributed by atoms with Gasteiger partial charge in [0.2, 0.25) is 0 Å². The maximum Gasteiger partial charge on any atom is 0.255 e. The third-order valence-electron chi connectivity index (χ3n) is 4.77. The van der Waals surface area contributed by atoms with Crippen molar-refractivity contribution in [2.75, 3.05) is 23.3 Å². The summed E-state index contributed by atoms with van der Waals surface area (Å²) in [5.41, 5.74) is 1.41. The zero-order valence-electron chi connectivity index (χ0n) is 15.4. The van der Waals surface area contributed by atoms with Gasteiger partial charge in [-0.15, -0.1) is 0 Å². The van der Waals surface area contributed by atoms with E-state index in [1.807, 2.05) is 36.4 Å². The number of halogens is 1. The van der Waals surface area contributed by atoms with E-state index in [1.54, 1.807) is 30.3 Å². The number of carbonyl (C=O) groups is 1. The smallest absolute Gasteiger partial charge is 0.255 e. The molecule has 3 aromatic carbocycles. The molecule has 1 aliphatic heterocycles. The van der Waals surface area contributed by atoms with Crippen LogP contribution in [0.2, 0.25) is 0 Å². The number of carbonyl (C=O) groups excluding carboxylic acids is 1. The summed E-state index contributed by atoms with van der Waals surface area (Å²) < 4.78 is 20.2. The number of hydrogen-bond acceptors (Lipinski definition) is 3. The number of nitrogens with zero attached hydrogens (tertiary/aromatic N) is 1. The zero-order valence-corrected chi connectivity index (χ0v) is 15.4. The van der Waals surface area contributed by atoms with Crippen molar-refractivity contribution in [3.63, 3.8) is 0 Å². The summed E-state index contributed by atoms with van der Waals surface area (Å²) in [5, 5.41) is 2.74. The SMILES string of the molecule is O=C(Nc1c(F)cccc1N1CCCC1)c1ccc(Oc2ccccc2)cc1. The number of rotatable bonds is 5. The average molecular weight is 376 g/mol. The normalized spacial score (nSPS) is 13.4. The topological polar surface area (TPSA) is 41.6 Å². The maximum absolute atomic E-state index is 14.4. The highest BCUT2D eigenvalue weighted by Gasteiger charge is 2.20. The lowest BCUT2D eigenvalue weighted by molar-refractivity contribution is 0.102. The number of anilines is 2. The van der Waals surface area contributed by atoms with Gasteiger partial charge in [0.15, 0.2) is 0 Å². The standard InChI is InChI=1S/C23H21FN2O2/c24-20-9-6-10-21(26-15-4-5-16-26)22(20)25-23(27)17-11-13-19(14-12-17)28-18-7-2-1-3-8-18/h1-3,6-14H,4-5,15-16H2,(H,25,27). The van der Waals surface area contributed by atoms with Crippen LogP contribution in [0.5, 0.6) is 11.5 Å². The molecule has 0 atom stereocenters. The molecule has 0 unspecified atom stereocenters. The second-order valence-electron chi connectivity index (χ2n) is 6.72. The Morgan fingerprint density at radius 3 is 2.25 bits per heavy atom. The van der Waals surface area contributed by atoms with Crippen LogP contribution in [0.15, 0.2) is 72.8 Å². The first-order valence-electron chi connectivity index (χ1n) is 9.38. The van der Waals surface area contributed by atoms with Crippen LogP contribution in [0.3, 0.4) is 0 Å². The van der Waals surface area contributed by atoms with Crippen LogP contribution in [0, 0.1) is 5.82 Å². The summed E-state index contributed by atoms with van der Waals surface area (Å²) >= 11 is 0. The number of nitrogens with one attached hydrogen (secondary N) is 1. The van der Waals surface area contributed by atoms with Gasteiger partial charge in [-0.25, -0.2) is 4.39 Å². The first-order valence-corrected chi connectivity index (χ1v) is 9.38. The first kappa shape index (κ1) is 18.0. The van der Waals surface area contributed by atoms with Gasteiger partial charge in [0.25, 0.3) is 5.91 Å². The molecule has 0 spiro atoms. The van der Waals surface area contributed by atoms with Gasteiger partial charge in [-0.3, -0.25) is 4.79 Å². The maximum atomic E-state index is 14.4. The van der Waals surface area contributed by atoms with Crippen LogP contribution in [0.4, 0.5) is 15.8 Å². The van der Waals surface area contributed by atoms with Crippen LogP contribution >= 0.6 is 0 Å². The molecule has 1 saturated heterocycles. The largest absolute Gasteiger partial charge is 0.457 e. The zero-order chi connectivity index (χ0) is 19.3. The van der Waals surface area contributed by atoms with E-state index < -0.39 is 5.82 Å². The fourth-order valence-electron chi connectivity index (χ4n) is 3.34. The highest BCUT2D eigenvalue weighted by atomic mass is 19.1. The van der Waals surface area contributed by atoms with Crippen LogP contribution in [-0.2, 0) is 0 Å². The first-order chi connectivity index (χ1) is 13.7. The number of para-hydroxylation sites is 2.